The van der Waals surface area contributed by atoms with Gasteiger partial charge in [0, 0.05) is 10.4 Å². The molecule has 6 heteroatoms. The third kappa shape index (κ3) is 3.71. The molecule has 1 aliphatic carbocycles. The zero-order valence-electron chi connectivity index (χ0n) is 16.3. The first-order chi connectivity index (χ1) is 14.5. The molecule has 152 valence electrons. The zero-order chi connectivity index (χ0) is 21.3. The summed E-state index contributed by atoms with van der Waals surface area (Å²) in [4.78, 5) is 24.3. The predicted octanol–water partition coefficient (Wildman–Crippen LogP) is 5.42. The number of fused-ring (bicyclic) bond motifs is 3. The van der Waals surface area contributed by atoms with E-state index in [0.717, 1.165) is 32.3 Å². The second-order valence-corrected chi connectivity index (χ2v) is 8.05. The molecule has 0 saturated heterocycles. The van der Waals surface area contributed by atoms with E-state index < -0.39 is 18.1 Å². The van der Waals surface area contributed by atoms with Crippen LogP contribution in [0.3, 0.4) is 0 Å². The topological polar surface area (TPSA) is 75.6 Å². The zero-order valence-corrected chi connectivity index (χ0v) is 17.8. The van der Waals surface area contributed by atoms with Gasteiger partial charge >= 0.3 is 12.1 Å². The first-order valence-electron chi connectivity index (χ1n) is 9.56. The van der Waals surface area contributed by atoms with Crippen molar-refractivity contribution in [2.24, 2.45) is 0 Å². The average molecular weight is 466 g/mol. The van der Waals surface area contributed by atoms with E-state index in [1.807, 2.05) is 42.5 Å². The van der Waals surface area contributed by atoms with Gasteiger partial charge in [-0.1, -0.05) is 76.6 Å². The number of hydrogen-bond acceptors (Lipinski definition) is 3. The number of carbonyl (C=O) groups is 2. The predicted molar refractivity (Wildman–Crippen MR) is 117 cm³/mol. The van der Waals surface area contributed by atoms with Gasteiger partial charge in [0.05, 0.1) is 0 Å². The Balaban J connectivity index is 1.51. The van der Waals surface area contributed by atoms with Gasteiger partial charge in [0.25, 0.3) is 0 Å². The van der Waals surface area contributed by atoms with Crippen LogP contribution in [0.4, 0.5) is 4.79 Å². The molecule has 2 N–H and O–H groups in total. The van der Waals surface area contributed by atoms with Crippen LogP contribution in [0.1, 0.15) is 34.2 Å². The SMILES string of the molecule is Cc1c(Br)cccc1C(NC(=O)OCC1c2ccccc2-c2ccccc21)C(=O)O. The Morgan fingerprint density at radius 2 is 1.60 bits per heavy atom. The van der Waals surface area contributed by atoms with Gasteiger partial charge in [-0.25, -0.2) is 9.59 Å². The van der Waals surface area contributed by atoms with E-state index in [0.29, 0.717) is 5.56 Å². The van der Waals surface area contributed by atoms with Crippen LogP contribution in [-0.4, -0.2) is 23.8 Å². The summed E-state index contributed by atoms with van der Waals surface area (Å²) in [6, 6.07) is 20.1. The average Bonchev–Trinajstić information content (AvgIpc) is 3.06. The monoisotopic (exact) mass is 465 g/mol. The summed E-state index contributed by atoms with van der Waals surface area (Å²) in [5, 5.41) is 12.1. The van der Waals surface area contributed by atoms with Crippen LogP contribution >= 0.6 is 15.9 Å². The molecule has 5 nitrogen and oxygen atoms in total. The Hall–Kier alpha value is -3.12. The molecular formula is C24H20BrNO4. The molecule has 0 radical (unpaired) electrons. The molecule has 4 rings (SSSR count). The molecule has 0 heterocycles. The number of alkyl carbamates (subject to hydrolysis) is 1. The van der Waals surface area contributed by atoms with Crippen LogP contribution in [0.2, 0.25) is 0 Å². The maximum Gasteiger partial charge on any atom is 0.408 e. The minimum absolute atomic E-state index is 0.0842. The molecule has 30 heavy (non-hydrogen) atoms. The number of aliphatic carboxylic acids is 1. The van der Waals surface area contributed by atoms with Crippen molar-refractivity contribution >= 4 is 28.0 Å². The number of carboxylic acid groups (broad SMARTS) is 1. The molecule has 1 aliphatic rings. The first-order valence-corrected chi connectivity index (χ1v) is 10.4. The fourth-order valence-electron chi connectivity index (χ4n) is 3.97. The van der Waals surface area contributed by atoms with Crippen molar-refractivity contribution in [2.75, 3.05) is 6.61 Å². The van der Waals surface area contributed by atoms with Crippen LogP contribution < -0.4 is 5.32 Å². The minimum Gasteiger partial charge on any atom is -0.479 e. The lowest BCUT2D eigenvalue weighted by molar-refractivity contribution is -0.139. The highest BCUT2D eigenvalue weighted by molar-refractivity contribution is 9.10. The smallest absolute Gasteiger partial charge is 0.408 e. The molecular weight excluding hydrogens is 446 g/mol. The van der Waals surface area contributed by atoms with E-state index in [4.69, 9.17) is 4.74 Å². The molecule has 1 amide bonds. The highest BCUT2D eigenvalue weighted by Crippen LogP contribution is 2.44. The molecule has 1 atom stereocenters. The highest BCUT2D eigenvalue weighted by Gasteiger charge is 2.30. The Labute approximate surface area is 182 Å². The second-order valence-electron chi connectivity index (χ2n) is 7.20. The van der Waals surface area contributed by atoms with Gasteiger partial charge in [-0.05, 0) is 46.4 Å². The quantitative estimate of drug-likeness (QED) is 0.527. The van der Waals surface area contributed by atoms with Gasteiger partial charge < -0.3 is 15.2 Å². The van der Waals surface area contributed by atoms with Gasteiger partial charge in [-0.2, -0.15) is 0 Å². The summed E-state index contributed by atoms with van der Waals surface area (Å²) < 4.78 is 6.27. The van der Waals surface area contributed by atoms with Crippen molar-refractivity contribution in [1.82, 2.24) is 5.32 Å². The van der Waals surface area contributed by atoms with Gasteiger partial charge in [-0.15, -0.1) is 0 Å². The van der Waals surface area contributed by atoms with Crippen LogP contribution in [0.15, 0.2) is 71.2 Å². The molecule has 0 aromatic heterocycles. The van der Waals surface area contributed by atoms with Crippen molar-refractivity contribution in [1.29, 1.82) is 0 Å². The lowest BCUT2D eigenvalue weighted by Crippen LogP contribution is -2.35. The Kier molecular flexibility index (Phi) is 5.59. The van der Waals surface area contributed by atoms with Crippen LogP contribution in [0.5, 0.6) is 0 Å². The molecule has 0 spiro atoms. The Morgan fingerprint density at radius 1 is 1.00 bits per heavy atom. The first kappa shape index (κ1) is 20.2. The maximum atomic E-state index is 12.5. The number of carboxylic acids is 1. The normalized spacial score (nSPS) is 13.3. The van der Waals surface area contributed by atoms with Crippen molar-refractivity contribution in [3.63, 3.8) is 0 Å². The fourth-order valence-corrected chi connectivity index (χ4v) is 4.35. The molecule has 0 saturated carbocycles. The summed E-state index contributed by atoms with van der Waals surface area (Å²) in [6.45, 7) is 1.93. The summed E-state index contributed by atoms with van der Waals surface area (Å²) in [5.41, 5.74) is 5.73. The van der Waals surface area contributed by atoms with Crippen LogP contribution in [0.25, 0.3) is 11.1 Å². The van der Waals surface area contributed by atoms with E-state index in [1.54, 1.807) is 19.1 Å². The highest BCUT2D eigenvalue weighted by atomic mass is 79.9. The number of rotatable bonds is 5. The number of nitrogens with one attached hydrogen (secondary N) is 1. The minimum atomic E-state index is -1.20. The number of ether oxygens (including phenoxy) is 1. The van der Waals surface area contributed by atoms with Gasteiger partial charge in [0.2, 0.25) is 0 Å². The molecule has 3 aromatic rings. The van der Waals surface area contributed by atoms with Crippen LogP contribution in [-0.2, 0) is 9.53 Å². The summed E-state index contributed by atoms with van der Waals surface area (Å²) in [7, 11) is 0. The van der Waals surface area contributed by atoms with Crippen LogP contribution in [0, 0.1) is 6.92 Å². The Morgan fingerprint density at radius 3 is 2.20 bits per heavy atom. The van der Waals surface area contributed by atoms with Gasteiger partial charge in [0.1, 0.15) is 6.61 Å². The number of hydrogen-bond donors (Lipinski definition) is 2. The molecule has 0 bridgehead atoms. The van der Waals surface area contributed by atoms with Crippen molar-refractivity contribution in [2.45, 2.75) is 18.9 Å². The summed E-state index contributed by atoms with van der Waals surface area (Å²) >= 11 is 3.40. The van der Waals surface area contributed by atoms with E-state index in [9.17, 15) is 14.7 Å². The van der Waals surface area contributed by atoms with Crippen molar-refractivity contribution in [3.05, 3.63) is 93.5 Å². The maximum absolute atomic E-state index is 12.5. The van der Waals surface area contributed by atoms with Crippen molar-refractivity contribution in [3.8, 4) is 11.1 Å². The van der Waals surface area contributed by atoms with E-state index in [-0.39, 0.29) is 12.5 Å². The van der Waals surface area contributed by atoms with Gasteiger partial charge in [0.15, 0.2) is 6.04 Å². The number of carbonyl (C=O) groups excluding carboxylic acids is 1. The molecule has 0 fully saturated rings. The third-order valence-electron chi connectivity index (χ3n) is 5.47. The van der Waals surface area contributed by atoms with E-state index in [2.05, 4.69) is 33.4 Å². The van der Waals surface area contributed by atoms with Crippen molar-refractivity contribution < 1.29 is 19.4 Å². The molecule has 3 aromatic carbocycles. The number of benzene rings is 3. The third-order valence-corrected chi connectivity index (χ3v) is 6.33. The molecule has 0 aliphatic heterocycles. The number of amides is 1. The summed E-state index contributed by atoms with van der Waals surface area (Å²) in [5.74, 6) is -1.23. The standard InChI is InChI=1S/C24H20BrNO4/c1-14-15(11-6-12-21(14)25)22(23(27)28)26-24(29)30-13-20-18-9-4-2-7-16(18)17-8-3-5-10-19(17)20/h2-12,20,22H,13H2,1H3,(H,26,29)(H,27,28). The van der Waals surface area contributed by atoms with E-state index >= 15 is 0 Å². The van der Waals surface area contributed by atoms with E-state index in [1.165, 1.54) is 0 Å². The lowest BCUT2D eigenvalue weighted by atomic mass is 9.98. The lowest BCUT2D eigenvalue weighted by Gasteiger charge is -2.19. The largest absolute Gasteiger partial charge is 0.479 e. The summed E-state index contributed by atoms with van der Waals surface area (Å²) in [6.07, 6.45) is -0.761. The van der Waals surface area contributed by atoms with Gasteiger partial charge in [-0.3, -0.25) is 0 Å². The second kappa shape index (κ2) is 8.32. The Bertz CT molecular complexity index is 1080. The fraction of sp³-hybridized carbons (Fsp3) is 0.167. The molecule has 1 unspecified atom stereocenters. The number of halogens is 1.